The van der Waals surface area contributed by atoms with Crippen LogP contribution >= 0.6 is 11.6 Å². The molecule has 0 radical (unpaired) electrons. The number of rotatable bonds is 9. The van der Waals surface area contributed by atoms with Crippen molar-refractivity contribution in [1.29, 1.82) is 0 Å². The van der Waals surface area contributed by atoms with Gasteiger partial charge in [0.2, 0.25) is 5.91 Å². The van der Waals surface area contributed by atoms with E-state index >= 15 is 0 Å². The summed E-state index contributed by atoms with van der Waals surface area (Å²) in [5.41, 5.74) is 1.76. The summed E-state index contributed by atoms with van der Waals surface area (Å²) in [5, 5.41) is 3.28. The number of methoxy groups -OCH3 is 1. The zero-order chi connectivity index (χ0) is 25.7. The summed E-state index contributed by atoms with van der Waals surface area (Å²) in [6.07, 6.45) is -0.196. The van der Waals surface area contributed by atoms with E-state index in [4.69, 9.17) is 21.1 Å². The zero-order valence-electron chi connectivity index (χ0n) is 19.9. The van der Waals surface area contributed by atoms with Crippen molar-refractivity contribution in [3.63, 3.8) is 0 Å². The average molecular weight is 508 g/mol. The highest BCUT2D eigenvalue weighted by Crippen LogP contribution is 2.30. The summed E-state index contributed by atoms with van der Waals surface area (Å²) in [6, 6.07) is 19.1. The molecule has 1 aliphatic rings. The number of imide groups is 1. The number of carbonyl (C=O) groups excluding carboxylic acids is 3. The van der Waals surface area contributed by atoms with Gasteiger partial charge in [0.25, 0.3) is 5.91 Å². The van der Waals surface area contributed by atoms with Crippen LogP contribution in [0.25, 0.3) is 0 Å². The summed E-state index contributed by atoms with van der Waals surface area (Å²) < 4.78 is 10.6. The molecule has 1 heterocycles. The maximum absolute atomic E-state index is 13.4. The molecule has 3 aromatic rings. The Morgan fingerprint density at radius 3 is 2.19 bits per heavy atom. The average Bonchev–Trinajstić information content (AvgIpc) is 3.10. The molecule has 0 spiro atoms. The first-order chi connectivity index (χ1) is 17.4. The van der Waals surface area contributed by atoms with Gasteiger partial charge in [-0.1, -0.05) is 23.7 Å². The lowest BCUT2D eigenvalue weighted by Gasteiger charge is -2.22. The quantitative estimate of drug-likeness (QED) is 0.406. The van der Waals surface area contributed by atoms with Crippen molar-refractivity contribution in [1.82, 2.24) is 4.90 Å². The molecule has 0 saturated carbocycles. The maximum atomic E-state index is 13.4. The van der Waals surface area contributed by atoms with Crippen molar-refractivity contribution in [3.8, 4) is 11.5 Å². The number of anilines is 2. The monoisotopic (exact) mass is 507 g/mol. The third-order valence-electron chi connectivity index (χ3n) is 5.74. The molecular weight excluding hydrogens is 482 g/mol. The van der Waals surface area contributed by atoms with Crippen LogP contribution in [-0.4, -0.2) is 42.5 Å². The fourth-order valence-electron chi connectivity index (χ4n) is 3.96. The van der Waals surface area contributed by atoms with Crippen molar-refractivity contribution in [2.75, 3.05) is 23.9 Å². The van der Waals surface area contributed by atoms with Gasteiger partial charge >= 0.3 is 6.03 Å². The van der Waals surface area contributed by atoms with Crippen LogP contribution in [0, 0.1) is 0 Å². The minimum Gasteiger partial charge on any atom is -0.497 e. The number of benzene rings is 3. The van der Waals surface area contributed by atoms with E-state index in [9.17, 15) is 14.4 Å². The van der Waals surface area contributed by atoms with Gasteiger partial charge in [0.1, 0.15) is 17.5 Å². The number of amides is 4. The van der Waals surface area contributed by atoms with Gasteiger partial charge in [0.15, 0.2) is 0 Å². The van der Waals surface area contributed by atoms with Crippen LogP contribution in [-0.2, 0) is 16.1 Å². The van der Waals surface area contributed by atoms with E-state index in [2.05, 4.69) is 5.32 Å². The summed E-state index contributed by atoms with van der Waals surface area (Å²) in [6.45, 7) is 2.58. The molecule has 4 amide bonds. The number of ether oxygens (including phenoxy) is 2. The Morgan fingerprint density at radius 1 is 0.944 bits per heavy atom. The summed E-state index contributed by atoms with van der Waals surface area (Å²) in [7, 11) is 1.57. The normalized spacial score (nSPS) is 15.2. The van der Waals surface area contributed by atoms with Crippen LogP contribution in [0.15, 0.2) is 72.8 Å². The van der Waals surface area contributed by atoms with Crippen LogP contribution in [0.1, 0.15) is 18.9 Å². The first kappa shape index (κ1) is 25.1. The highest BCUT2D eigenvalue weighted by Gasteiger charge is 2.46. The van der Waals surface area contributed by atoms with E-state index in [0.717, 1.165) is 10.5 Å². The fraction of sp³-hybridized carbons (Fsp3) is 0.222. The van der Waals surface area contributed by atoms with Crippen LogP contribution in [0.4, 0.5) is 16.2 Å². The lowest BCUT2D eigenvalue weighted by Crippen LogP contribution is -2.37. The largest absolute Gasteiger partial charge is 0.497 e. The number of carbonyl (C=O) groups is 3. The van der Waals surface area contributed by atoms with Crippen LogP contribution < -0.4 is 19.7 Å². The first-order valence-electron chi connectivity index (χ1n) is 11.5. The predicted molar refractivity (Wildman–Crippen MR) is 138 cm³/mol. The molecule has 0 aromatic heterocycles. The van der Waals surface area contributed by atoms with Gasteiger partial charge in [-0.2, -0.15) is 0 Å². The van der Waals surface area contributed by atoms with Crippen molar-refractivity contribution in [2.45, 2.75) is 25.9 Å². The zero-order valence-corrected chi connectivity index (χ0v) is 20.7. The number of nitrogens with zero attached hydrogens (tertiary/aromatic N) is 2. The third-order valence-corrected chi connectivity index (χ3v) is 6.00. The lowest BCUT2D eigenvalue weighted by atomic mass is 10.1. The van der Waals surface area contributed by atoms with E-state index in [1.807, 2.05) is 19.1 Å². The lowest BCUT2D eigenvalue weighted by molar-refractivity contribution is -0.124. The minimum absolute atomic E-state index is 0.152. The van der Waals surface area contributed by atoms with E-state index in [-0.39, 0.29) is 18.9 Å². The van der Waals surface area contributed by atoms with Crippen molar-refractivity contribution in [2.24, 2.45) is 0 Å². The van der Waals surface area contributed by atoms with Gasteiger partial charge in [-0.15, -0.1) is 0 Å². The molecule has 4 rings (SSSR count). The Kier molecular flexibility index (Phi) is 7.75. The van der Waals surface area contributed by atoms with Gasteiger partial charge in [-0.25, -0.2) is 9.69 Å². The summed E-state index contributed by atoms with van der Waals surface area (Å²) >= 11 is 5.98. The minimum atomic E-state index is -0.974. The van der Waals surface area contributed by atoms with Crippen molar-refractivity contribution in [3.05, 3.63) is 83.4 Å². The second kappa shape index (κ2) is 11.1. The van der Waals surface area contributed by atoms with Crippen LogP contribution in [0.3, 0.4) is 0 Å². The molecule has 0 unspecified atom stereocenters. The molecule has 8 nitrogen and oxygen atoms in total. The predicted octanol–water partition coefficient (Wildman–Crippen LogP) is 5.11. The van der Waals surface area contributed by atoms with E-state index in [1.54, 1.807) is 67.8 Å². The highest BCUT2D eigenvalue weighted by atomic mass is 35.5. The highest BCUT2D eigenvalue weighted by molar-refractivity contribution is 6.30. The van der Waals surface area contributed by atoms with Gasteiger partial charge in [-0.3, -0.25) is 9.59 Å². The van der Waals surface area contributed by atoms with Gasteiger partial charge in [-0.05, 0) is 73.2 Å². The summed E-state index contributed by atoms with van der Waals surface area (Å²) in [5.74, 6) is 0.508. The molecule has 36 heavy (non-hydrogen) atoms. The second-order valence-corrected chi connectivity index (χ2v) is 8.57. The van der Waals surface area contributed by atoms with Gasteiger partial charge in [0, 0.05) is 17.3 Å². The third kappa shape index (κ3) is 5.60. The molecule has 0 aliphatic carbocycles. The van der Waals surface area contributed by atoms with Crippen molar-refractivity contribution >= 4 is 40.8 Å². The molecule has 9 heteroatoms. The Balaban J connectivity index is 1.56. The molecular formula is C27H26ClN3O5. The van der Waals surface area contributed by atoms with Crippen LogP contribution in [0.2, 0.25) is 5.02 Å². The number of hydrogen-bond donors (Lipinski definition) is 1. The van der Waals surface area contributed by atoms with Crippen molar-refractivity contribution < 1.29 is 23.9 Å². The number of halogens is 1. The molecule has 0 bridgehead atoms. The Hall–Kier alpha value is -4.04. The molecule has 3 aromatic carbocycles. The SMILES string of the molecule is CCOc1ccc(NC(=O)C[C@H]2C(=O)N(c3ccc(Cl)cc3)C(=O)N2Cc2ccc(OC)cc2)cc1. The molecule has 1 N–H and O–H groups in total. The van der Waals surface area contributed by atoms with Gasteiger partial charge in [0.05, 0.1) is 25.8 Å². The molecule has 1 aliphatic heterocycles. The molecule has 186 valence electrons. The standard InChI is InChI=1S/C27H26ClN3O5/c1-3-36-23-14-8-20(9-15-23)29-25(32)16-24-26(33)31(21-10-6-19(28)7-11-21)27(34)30(24)17-18-4-12-22(35-2)13-5-18/h4-15,24H,3,16-17H2,1-2H3,(H,29,32)/t24-/m0/s1. The maximum Gasteiger partial charge on any atom is 0.332 e. The van der Waals surface area contributed by atoms with E-state index in [1.165, 1.54) is 4.90 Å². The Bertz CT molecular complexity index is 1230. The number of hydrogen-bond acceptors (Lipinski definition) is 5. The molecule has 1 fully saturated rings. The molecule has 1 atom stereocenters. The van der Waals surface area contributed by atoms with E-state index in [0.29, 0.717) is 34.5 Å². The topological polar surface area (TPSA) is 88.2 Å². The first-order valence-corrected chi connectivity index (χ1v) is 11.8. The number of nitrogens with one attached hydrogen (secondary N) is 1. The fourth-order valence-corrected chi connectivity index (χ4v) is 4.08. The Morgan fingerprint density at radius 2 is 1.58 bits per heavy atom. The van der Waals surface area contributed by atoms with Crippen LogP contribution in [0.5, 0.6) is 11.5 Å². The Labute approximate surface area is 214 Å². The summed E-state index contributed by atoms with van der Waals surface area (Å²) in [4.78, 5) is 42.2. The smallest absolute Gasteiger partial charge is 0.332 e. The van der Waals surface area contributed by atoms with Gasteiger partial charge < -0.3 is 19.7 Å². The second-order valence-electron chi connectivity index (χ2n) is 8.13. The molecule has 1 saturated heterocycles. The van der Waals surface area contributed by atoms with E-state index < -0.39 is 18.0 Å². The number of urea groups is 1.